The molecule has 0 saturated carbocycles. The Bertz CT molecular complexity index is 793. The third-order valence-corrected chi connectivity index (χ3v) is 4.89. The Kier molecular flexibility index (Phi) is 3.54. The summed E-state index contributed by atoms with van der Waals surface area (Å²) in [7, 11) is 0. The van der Waals surface area contributed by atoms with Crippen LogP contribution in [0, 0.1) is 0 Å². The number of hydrogen-bond donors (Lipinski definition) is 0. The molecule has 0 unspecified atom stereocenters. The van der Waals surface area contributed by atoms with Gasteiger partial charge < -0.3 is 0 Å². The molecule has 94 valence electrons. The molecule has 1 heterocycles. The molecule has 1 aromatic heterocycles. The molecule has 0 bridgehead atoms. The lowest BCUT2D eigenvalue weighted by Crippen LogP contribution is -1.79. The molecule has 0 atom stereocenters. The maximum atomic E-state index is 3.47. The standard InChI is InChI=1S/C17H13BrS/c1-2-6-12(11-18)13-8-5-9-15-14-7-3-4-10-16(14)19-17(13)15/h2-11H,1H3/b6-2-,12-11+. The van der Waals surface area contributed by atoms with Crippen molar-refractivity contribution in [3.05, 3.63) is 65.2 Å². The summed E-state index contributed by atoms with van der Waals surface area (Å²) in [5.41, 5.74) is 2.49. The predicted molar refractivity (Wildman–Crippen MR) is 91.0 cm³/mol. The summed E-state index contributed by atoms with van der Waals surface area (Å²) in [6.45, 7) is 2.04. The van der Waals surface area contributed by atoms with Crippen LogP contribution in [0.1, 0.15) is 12.5 Å². The van der Waals surface area contributed by atoms with E-state index in [1.165, 1.54) is 31.3 Å². The highest BCUT2D eigenvalue weighted by Gasteiger charge is 2.09. The summed E-state index contributed by atoms with van der Waals surface area (Å²) >= 11 is 5.34. The number of allylic oxidation sites excluding steroid dienone is 3. The first-order chi connectivity index (χ1) is 9.35. The first kappa shape index (κ1) is 12.6. The highest BCUT2D eigenvalue weighted by Crippen LogP contribution is 2.38. The van der Waals surface area contributed by atoms with Gasteiger partial charge in [0.25, 0.3) is 0 Å². The van der Waals surface area contributed by atoms with E-state index in [2.05, 4.69) is 70.5 Å². The Hall–Kier alpha value is -1.38. The minimum absolute atomic E-state index is 1.21. The van der Waals surface area contributed by atoms with Crippen LogP contribution >= 0.6 is 27.3 Å². The van der Waals surface area contributed by atoms with Gasteiger partial charge >= 0.3 is 0 Å². The maximum absolute atomic E-state index is 3.47. The van der Waals surface area contributed by atoms with Crippen molar-refractivity contribution in [2.75, 3.05) is 0 Å². The number of fused-ring (bicyclic) bond motifs is 3. The number of thiophene rings is 1. The fraction of sp³-hybridized carbons (Fsp3) is 0.0588. The SMILES string of the molecule is C/C=C\C(=C/Br)c1cccc2c1sc1ccccc12. The van der Waals surface area contributed by atoms with E-state index >= 15 is 0 Å². The second-order valence-electron chi connectivity index (χ2n) is 4.34. The Balaban J connectivity index is 2.38. The van der Waals surface area contributed by atoms with E-state index in [1.54, 1.807) is 0 Å². The van der Waals surface area contributed by atoms with E-state index in [-0.39, 0.29) is 0 Å². The number of benzene rings is 2. The van der Waals surface area contributed by atoms with Gasteiger partial charge in [-0.3, -0.25) is 0 Å². The fourth-order valence-corrected chi connectivity index (χ4v) is 3.98. The molecule has 0 fully saturated rings. The summed E-state index contributed by atoms with van der Waals surface area (Å²) in [6, 6.07) is 15.1. The number of hydrogen-bond acceptors (Lipinski definition) is 1. The van der Waals surface area contributed by atoms with Crippen molar-refractivity contribution in [3.8, 4) is 0 Å². The van der Waals surface area contributed by atoms with Crippen LogP contribution in [-0.4, -0.2) is 0 Å². The van der Waals surface area contributed by atoms with Gasteiger partial charge in [0.05, 0.1) is 0 Å². The van der Waals surface area contributed by atoms with Gasteiger partial charge in [0.2, 0.25) is 0 Å². The third kappa shape index (κ3) is 2.15. The molecular weight excluding hydrogens is 316 g/mol. The van der Waals surface area contributed by atoms with Gasteiger partial charge in [0, 0.05) is 25.7 Å². The van der Waals surface area contributed by atoms with E-state index in [9.17, 15) is 0 Å². The van der Waals surface area contributed by atoms with Crippen molar-refractivity contribution >= 4 is 53.0 Å². The van der Waals surface area contributed by atoms with Crippen molar-refractivity contribution < 1.29 is 0 Å². The van der Waals surface area contributed by atoms with Gasteiger partial charge in [0.15, 0.2) is 0 Å². The van der Waals surface area contributed by atoms with Crippen LogP contribution in [0.25, 0.3) is 25.7 Å². The maximum Gasteiger partial charge on any atom is 0.0433 e. The Labute approximate surface area is 125 Å². The van der Waals surface area contributed by atoms with Crippen LogP contribution in [0.5, 0.6) is 0 Å². The lowest BCUT2D eigenvalue weighted by atomic mass is 10.0. The molecule has 3 rings (SSSR count). The Morgan fingerprint density at radius 3 is 2.63 bits per heavy atom. The molecular formula is C17H13BrS. The molecule has 0 aliphatic rings. The van der Waals surface area contributed by atoms with E-state index < -0.39 is 0 Å². The average Bonchev–Trinajstić information content (AvgIpc) is 2.83. The van der Waals surface area contributed by atoms with E-state index in [4.69, 9.17) is 0 Å². The van der Waals surface area contributed by atoms with Crippen LogP contribution in [0.15, 0.2) is 59.6 Å². The highest BCUT2D eigenvalue weighted by molar-refractivity contribution is 9.11. The molecule has 0 amide bonds. The summed E-state index contributed by atoms with van der Waals surface area (Å²) in [5, 5.41) is 2.69. The minimum Gasteiger partial charge on any atom is -0.135 e. The smallest absolute Gasteiger partial charge is 0.0433 e. The lowest BCUT2D eigenvalue weighted by molar-refractivity contribution is 1.70. The first-order valence-electron chi connectivity index (χ1n) is 6.19. The minimum atomic E-state index is 1.21. The van der Waals surface area contributed by atoms with Gasteiger partial charge in [-0.15, -0.1) is 11.3 Å². The quantitative estimate of drug-likeness (QED) is 0.479. The lowest BCUT2D eigenvalue weighted by Gasteiger charge is -2.03. The molecule has 0 saturated heterocycles. The molecule has 0 nitrogen and oxygen atoms in total. The molecule has 19 heavy (non-hydrogen) atoms. The second-order valence-corrected chi connectivity index (χ2v) is 5.85. The zero-order valence-electron chi connectivity index (χ0n) is 10.6. The van der Waals surface area contributed by atoms with Crippen molar-refractivity contribution in [3.63, 3.8) is 0 Å². The van der Waals surface area contributed by atoms with Crippen molar-refractivity contribution in [1.82, 2.24) is 0 Å². The zero-order chi connectivity index (χ0) is 13.2. The van der Waals surface area contributed by atoms with Crippen LogP contribution < -0.4 is 0 Å². The van der Waals surface area contributed by atoms with Gasteiger partial charge in [-0.1, -0.05) is 64.5 Å². The number of halogens is 1. The molecule has 2 aromatic carbocycles. The van der Waals surface area contributed by atoms with Gasteiger partial charge in [-0.25, -0.2) is 0 Å². The summed E-state index contributed by atoms with van der Waals surface area (Å²) in [6.07, 6.45) is 4.20. The summed E-state index contributed by atoms with van der Waals surface area (Å²) in [4.78, 5) is 1.99. The van der Waals surface area contributed by atoms with E-state index in [0.29, 0.717) is 0 Å². The molecule has 0 N–H and O–H groups in total. The fourth-order valence-electron chi connectivity index (χ4n) is 2.34. The van der Waals surface area contributed by atoms with E-state index in [0.717, 1.165) is 0 Å². The van der Waals surface area contributed by atoms with Crippen LogP contribution in [0.4, 0.5) is 0 Å². The van der Waals surface area contributed by atoms with Gasteiger partial charge in [-0.05, 0) is 23.5 Å². The largest absolute Gasteiger partial charge is 0.135 e. The third-order valence-electron chi connectivity index (χ3n) is 3.18. The molecule has 0 aliphatic heterocycles. The topological polar surface area (TPSA) is 0 Å². The predicted octanol–water partition coefficient (Wildman–Crippen LogP) is 6.37. The van der Waals surface area contributed by atoms with Crippen LogP contribution in [-0.2, 0) is 0 Å². The second kappa shape index (κ2) is 5.32. The first-order valence-corrected chi connectivity index (χ1v) is 7.92. The van der Waals surface area contributed by atoms with Crippen LogP contribution in [0.3, 0.4) is 0 Å². The molecule has 0 radical (unpaired) electrons. The molecule has 0 aliphatic carbocycles. The highest BCUT2D eigenvalue weighted by atomic mass is 79.9. The average molecular weight is 329 g/mol. The zero-order valence-corrected chi connectivity index (χ0v) is 13.0. The summed E-state index contributed by atoms with van der Waals surface area (Å²) < 4.78 is 2.70. The van der Waals surface area contributed by atoms with Crippen molar-refractivity contribution in [1.29, 1.82) is 0 Å². The number of rotatable bonds is 2. The van der Waals surface area contributed by atoms with Gasteiger partial charge in [-0.2, -0.15) is 0 Å². The van der Waals surface area contributed by atoms with Gasteiger partial charge in [0.1, 0.15) is 0 Å². The molecule has 0 spiro atoms. The van der Waals surface area contributed by atoms with Crippen molar-refractivity contribution in [2.45, 2.75) is 6.92 Å². The molecule has 2 heteroatoms. The Morgan fingerprint density at radius 2 is 1.84 bits per heavy atom. The monoisotopic (exact) mass is 328 g/mol. The molecule has 3 aromatic rings. The van der Waals surface area contributed by atoms with Crippen molar-refractivity contribution in [2.24, 2.45) is 0 Å². The van der Waals surface area contributed by atoms with Crippen LogP contribution in [0.2, 0.25) is 0 Å². The van der Waals surface area contributed by atoms with E-state index in [1.807, 2.05) is 23.2 Å². The summed E-state index contributed by atoms with van der Waals surface area (Å²) in [5.74, 6) is 0. The normalized spacial score (nSPS) is 12.8. The Morgan fingerprint density at radius 1 is 1.05 bits per heavy atom.